The molecule has 3 aromatic rings. The Bertz CT molecular complexity index is 1440. The van der Waals surface area contributed by atoms with E-state index in [2.05, 4.69) is 10.6 Å². The van der Waals surface area contributed by atoms with Crippen LogP contribution in [0.5, 0.6) is 17.2 Å². The number of nitrogens with zero attached hydrogens (tertiary/aromatic N) is 1. The molecule has 41 heavy (non-hydrogen) atoms. The number of benzene rings is 2. The van der Waals surface area contributed by atoms with Crippen LogP contribution in [-0.2, 0) is 22.6 Å². The van der Waals surface area contributed by atoms with Gasteiger partial charge in [0.25, 0.3) is 11.8 Å². The van der Waals surface area contributed by atoms with Crippen LogP contribution in [0.1, 0.15) is 40.1 Å². The molecule has 1 aromatic heterocycles. The maximum atomic E-state index is 14.5. The molecule has 2 atom stereocenters. The first kappa shape index (κ1) is 28.0. The molecule has 0 aliphatic carbocycles. The lowest BCUT2D eigenvalue weighted by atomic mass is 10.0. The molecule has 2 aliphatic rings. The van der Waals surface area contributed by atoms with Crippen LogP contribution < -0.4 is 24.8 Å². The van der Waals surface area contributed by atoms with Gasteiger partial charge in [0.15, 0.2) is 23.9 Å². The van der Waals surface area contributed by atoms with Gasteiger partial charge in [-0.15, -0.1) is 0 Å². The Labute approximate surface area is 236 Å². The highest BCUT2D eigenvalue weighted by molar-refractivity contribution is 5.93. The fourth-order valence-electron chi connectivity index (χ4n) is 5.02. The number of carbonyl (C=O) groups excluding carboxylic acids is 3. The molecule has 0 unspecified atom stereocenters. The Morgan fingerprint density at radius 3 is 2.71 bits per heavy atom. The van der Waals surface area contributed by atoms with E-state index in [1.807, 2.05) is 6.07 Å². The van der Waals surface area contributed by atoms with Crippen molar-refractivity contribution in [1.82, 2.24) is 15.5 Å². The van der Waals surface area contributed by atoms with Crippen LogP contribution in [0.15, 0.2) is 53.1 Å². The van der Waals surface area contributed by atoms with Gasteiger partial charge in [-0.05, 0) is 54.8 Å². The second-order valence-corrected chi connectivity index (χ2v) is 10.1. The average Bonchev–Trinajstić information content (AvgIpc) is 3.39. The van der Waals surface area contributed by atoms with Crippen molar-refractivity contribution in [2.24, 2.45) is 0 Å². The second-order valence-electron chi connectivity index (χ2n) is 10.1. The number of nitrogens with one attached hydrogen (secondary N) is 2. The van der Waals surface area contributed by atoms with Crippen molar-refractivity contribution in [1.29, 1.82) is 0 Å². The van der Waals surface area contributed by atoms with E-state index in [4.69, 9.17) is 18.6 Å². The maximum absolute atomic E-state index is 14.5. The highest BCUT2D eigenvalue weighted by Crippen LogP contribution is 2.29. The quantitative estimate of drug-likeness (QED) is 0.490. The molecule has 3 amide bonds. The lowest BCUT2D eigenvalue weighted by Gasteiger charge is -2.38. The highest BCUT2D eigenvalue weighted by atomic mass is 19.1. The SMILES string of the molecule is COc1ccc2cc1OCC(=O)N[C@@H]1CN(C(=O)c3occc3C)CC[C@H]1Oc1cc(F)cc(c1)CNC(=O)CC2. The number of rotatable bonds is 2. The summed E-state index contributed by atoms with van der Waals surface area (Å²) >= 11 is 0. The summed E-state index contributed by atoms with van der Waals surface area (Å²) in [6.45, 7) is 2.08. The molecule has 1 fully saturated rings. The average molecular weight is 566 g/mol. The first-order valence-corrected chi connectivity index (χ1v) is 13.4. The molecule has 3 heterocycles. The number of hydrogen-bond acceptors (Lipinski definition) is 7. The number of piperidine rings is 1. The fraction of sp³-hybridized carbons (Fsp3) is 0.367. The van der Waals surface area contributed by atoms with Gasteiger partial charge in [-0.3, -0.25) is 14.4 Å². The molecule has 0 saturated carbocycles. The molecule has 216 valence electrons. The van der Waals surface area contributed by atoms with Gasteiger partial charge in [-0.25, -0.2) is 4.39 Å². The van der Waals surface area contributed by atoms with E-state index < -0.39 is 23.9 Å². The zero-order valence-corrected chi connectivity index (χ0v) is 22.9. The molecule has 0 spiro atoms. The summed E-state index contributed by atoms with van der Waals surface area (Å²) in [5.74, 6) is -0.110. The molecule has 10 nitrogen and oxygen atoms in total. The van der Waals surface area contributed by atoms with E-state index in [1.165, 1.54) is 25.5 Å². The van der Waals surface area contributed by atoms with E-state index in [9.17, 15) is 18.8 Å². The number of hydrogen-bond donors (Lipinski definition) is 2. The summed E-state index contributed by atoms with van der Waals surface area (Å²) < 4.78 is 37.3. The number of furan rings is 1. The van der Waals surface area contributed by atoms with Gasteiger partial charge < -0.3 is 34.2 Å². The standard InChI is InChI=1S/C30H32FN3O7/c1-18-8-10-39-29(18)30(37)34-9-7-24-23(16-34)33-28(36)17-40-26-13-19(3-5-25(26)38-2)4-6-27(35)32-15-20-11-21(31)14-22(12-20)41-24/h3,5,8,10-14,23-24H,4,6-7,9,15-17H2,1-2H3,(H,32,35)(H,33,36)/t23-,24-/m1/s1. The van der Waals surface area contributed by atoms with Crippen LogP contribution in [0.2, 0.25) is 0 Å². The largest absolute Gasteiger partial charge is 0.493 e. The maximum Gasteiger partial charge on any atom is 0.289 e. The summed E-state index contributed by atoms with van der Waals surface area (Å²) in [5, 5.41) is 5.76. The Morgan fingerprint density at radius 2 is 1.93 bits per heavy atom. The number of halogens is 1. The lowest BCUT2D eigenvalue weighted by molar-refractivity contribution is -0.125. The number of fused-ring (bicyclic) bond motifs is 5. The molecule has 11 heteroatoms. The molecule has 1 saturated heterocycles. The zero-order chi connectivity index (χ0) is 28.9. The fourth-order valence-corrected chi connectivity index (χ4v) is 5.02. The van der Waals surface area contributed by atoms with Crippen LogP contribution in [0.3, 0.4) is 0 Å². The summed E-state index contributed by atoms with van der Waals surface area (Å²) in [5.41, 5.74) is 2.08. The van der Waals surface area contributed by atoms with Gasteiger partial charge in [0, 0.05) is 44.1 Å². The van der Waals surface area contributed by atoms with Gasteiger partial charge in [0.2, 0.25) is 5.91 Å². The number of carbonyl (C=O) groups is 3. The van der Waals surface area contributed by atoms with Crippen LogP contribution >= 0.6 is 0 Å². The smallest absolute Gasteiger partial charge is 0.289 e. The number of methoxy groups -OCH3 is 1. The van der Waals surface area contributed by atoms with Crippen molar-refractivity contribution in [2.45, 2.75) is 44.9 Å². The van der Waals surface area contributed by atoms with Gasteiger partial charge in [0.05, 0.1) is 19.4 Å². The van der Waals surface area contributed by atoms with E-state index in [-0.39, 0.29) is 49.4 Å². The van der Waals surface area contributed by atoms with Crippen LogP contribution in [0.25, 0.3) is 0 Å². The molecule has 2 aliphatic heterocycles. The van der Waals surface area contributed by atoms with Crippen molar-refractivity contribution >= 4 is 17.7 Å². The van der Waals surface area contributed by atoms with E-state index in [0.717, 1.165) is 5.56 Å². The third-order valence-electron chi connectivity index (χ3n) is 7.18. The highest BCUT2D eigenvalue weighted by Gasteiger charge is 2.36. The van der Waals surface area contributed by atoms with Crippen LogP contribution in [-0.4, -0.2) is 61.6 Å². The monoisotopic (exact) mass is 565 g/mol. The Kier molecular flexibility index (Phi) is 8.42. The van der Waals surface area contributed by atoms with Gasteiger partial charge in [0.1, 0.15) is 17.7 Å². The minimum Gasteiger partial charge on any atom is -0.493 e. The minimum atomic E-state index is -0.627. The van der Waals surface area contributed by atoms with Crippen LogP contribution in [0, 0.1) is 12.7 Å². The molecular weight excluding hydrogens is 533 g/mol. The number of aryl methyl sites for hydroxylation is 2. The third kappa shape index (κ3) is 6.79. The van der Waals surface area contributed by atoms with E-state index in [0.29, 0.717) is 42.0 Å². The van der Waals surface area contributed by atoms with Crippen LogP contribution in [0.4, 0.5) is 4.39 Å². The molecular formula is C30H32FN3O7. The molecule has 0 radical (unpaired) electrons. The lowest BCUT2D eigenvalue weighted by Crippen LogP contribution is -2.58. The van der Waals surface area contributed by atoms with Gasteiger partial charge in [-0.1, -0.05) is 6.07 Å². The molecule has 2 N–H and O–H groups in total. The first-order valence-electron chi connectivity index (χ1n) is 13.4. The Balaban J connectivity index is 1.42. The number of ether oxygens (including phenoxy) is 3. The van der Waals surface area contributed by atoms with Gasteiger partial charge in [-0.2, -0.15) is 0 Å². The van der Waals surface area contributed by atoms with Crippen molar-refractivity contribution < 1.29 is 37.4 Å². The van der Waals surface area contributed by atoms with Crippen molar-refractivity contribution in [2.75, 3.05) is 26.8 Å². The van der Waals surface area contributed by atoms with E-state index in [1.54, 1.807) is 36.1 Å². The molecule has 5 rings (SSSR count). The summed E-state index contributed by atoms with van der Waals surface area (Å²) in [4.78, 5) is 40.4. The van der Waals surface area contributed by atoms with E-state index >= 15 is 0 Å². The van der Waals surface area contributed by atoms with Crippen molar-refractivity contribution in [3.8, 4) is 17.2 Å². The first-order chi connectivity index (χ1) is 19.8. The van der Waals surface area contributed by atoms with Crippen molar-refractivity contribution in [3.63, 3.8) is 0 Å². The summed E-state index contributed by atoms with van der Waals surface area (Å²) in [6.07, 6.45) is 1.90. The summed E-state index contributed by atoms with van der Waals surface area (Å²) in [7, 11) is 1.50. The third-order valence-corrected chi connectivity index (χ3v) is 7.18. The predicted octanol–water partition coefficient (Wildman–Crippen LogP) is 3.16. The zero-order valence-electron chi connectivity index (χ0n) is 22.9. The molecule has 4 bridgehead atoms. The number of likely N-dealkylation sites (tertiary alicyclic amines) is 1. The Hall–Kier alpha value is -4.54. The van der Waals surface area contributed by atoms with Crippen molar-refractivity contribution in [3.05, 3.63) is 77.0 Å². The topological polar surface area (TPSA) is 119 Å². The predicted molar refractivity (Wildman–Crippen MR) is 145 cm³/mol. The van der Waals surface area contributed by atoms with Gasteiger partial charge >= 0.3 is 0 Å². The summed E-state index contributed by atoms with van der Waals surface area (Å²) in [6, 6.07) is 10.6. The Morgan fingerprint density at radius 1 is 1.07 bits per heavy atom. The second kappa shape index (κ2) is 12.3. The normalized spacial score (nSPS) is 19.8. The number of amides is 3. The minimum absolute atomic E-state index is 0.125. The molecule has 2 aromatic carbocycles.